The average molecular weight is 439 g/mol. The maximum atomic E-state index is 11.7. The number of carbonyl (C=O) groups is 2. The number of aryl methyl sites for hydroxylation is 2. The van der Waals surface area contributed by atoms with Gasteiger partial charge in [-0.25, -0.2) is 9.59 Å². The molecule has 4 aromatic carbocycles. The SMILES string of the molecule is Cc1ccc(C(=O)OCc2ccccc2)cc1.Cc1ccc(C(=O)Oc2ccccc2)cc1. The summed E-state index contributed by atoms with van der Waals surface area (Å²) in [7, 11) is 0. The molecule has 0 saturated carbocycles. The third-order valence-electron chi connectivity index (χ3n) is 4.74. The van der Waals surface area contributed by atoms with Crippen LogP contribution in [0.5, 0.6) is 5.75 Å². The van der Waals surface area contributed by atoms with Crippen LogP contribution in [0.4, 0.5) is 0 Å². The van der Waals surface area contributed by atoms with Crippen LogP contribution in [0.1, 0.15) is 37.4 Å². The van der Waals surface area contributed by atoms with Crippen LogP contribution >= 0.6 is 0 Å². The van der Waals surface area contributed by atoms with Crippen molar-refractivity contribution in [3.63, 3.8) is 0 Å². The standard InChI is InChI=1S/C15H14O2.C14H12O2/c1-12-7-9-14(10-8-12)15(16)17-11-13-5-3-2-4-6-13;1-11-7-9-12(10-8-11)14(15)16-13-5-3-2-4-6-13/h2-10H,11H2,1H3;2-10H,1H3. The number of ether oxygens (including phenoxy) is 2. The van der Waals surface area contributed by atoms with Gasteiger partial charge in [0, 0.05) is 0 Å². The van der Waals surface area contributed by atoms with Crippen molar-refractivity contribution < 1.29 is 19.1 Å². The zero-order valence-electron chi connectivity index (χ0n) is 18.7. The Morgan fingerprint density at radius 2 is 1.03 bits per heavy atom. The van der Waals surface area contributed by atoms with Gasteiger partial charge >= 0.3 is 11.9 Å². The zero-order chi connectivity index (χ0) is 23.5. The van der Waals surface area contributed by atoms with E-state index in [1.807, 2.05) is 86.6 Å². The molecule has 4 nitrogen and oxygen atoms in total. The molecule has 0 aliphatic heterocycles. The van der Waals surface area contributed by atoms with Crippen LogP contribution in [0.2, 0.25) is 0 Å². The molecule has 0 aliphatic carbocycles. The summed E-state index contributed by atoms with van der Waals surface area (Å²) in [5.74, 6) is -0.0480. The first-order valence-electron chi connectivity index (χ1n) is 10.6. The van der Waals surface area contributed by atoms with E-state index >= 15 is 0 Å². The van der Waals surface area contributed by atoms with Crippen molar-refractivity contribution in [2.24, 2.45) is 0 Å². The largest absolute Gasteiger partial charge is 0.457 e. The molecular formula is C29H26O4. The molecule has 4 heteroatoms. The molecule has 0 fully saturated rings. The summed E-state index contributed by atoms with van der Waals surface area (Å²) < 4.78 is 10.4. The molecule has 166 valence electrons. The van der Waals surface area contributed by atoms with E-state index in [0.717, 1.165) is 16.7 Å². The van der Waals surface area contributed by atoms with E-state index in [9.17, 15) is 9.59 Å². The summed E-state index contributed by atoms with van der Waals surface area (Å²) in [5.41, 5.74) is 4.40. The van der Waals surface area contributed by atoms with Crippen LogP contribution in [0.15, 0.2) is 109 Å². The van der Waals surface area contributed by atoms with E-state index < -0.39 is 0 Å². The Kier molecular flexibility index (Phi) is 8.55. The fourth-order valence-electron chi connectivity index (χ4n) is 2.84. The predicted octanol–water partition coefficient (Wildman–Crippen LogP) is 6.57. The molecule has 0 spiro atoms. The van der Waals surface area contributed by atoms with E-state index in [4.69, 9.17) is 9.47 Å². The van der Waals surface area contributed by atoms with Crippen molar-refractivity contribution >= 4 is 11.9 Å². The first kappa shape index (κ1) is 23.5. The third kappa shape index (κ3) is 7.78. The summed E-state index contributed by atoms with van der Waals surface area (Å²) in [6, 6.07) is 33.4. The number of esters is 2. The molecule has 4 rings (SSSR count). The minimum atomic E-state index is -0.328. The predicted molar refractivity (Wildman–Crippen MR) is 129 cm³/mol. The van der Waals surface area contributed by atoms with Gasteiger partial charge < -0.3 is 9.47 Å². The van der Waals surface area contributed by atoms with Gasteiger partial charge in [0.15, 0.2) is 0 Å². The van der Waals surface area contributed by atoms with Crippen molar-refractivity contribution in [3.8, 4) is 5.75 Å². The molecule has 0 atom stereocenters. The van der Waals surface area contributed by atoms with E-state index in [1.54, 1.807) is 36.4 Å². The van der Waals surface area contributed by atoms with Gasteiger partial charge in [-0.15, -0.1) is 0 Å². The lowest BCUT2D eigenvalue weighted by atomic mass is 10.1. The second-order valence-corrected chi connectivity index (χ2v) is 7.50. The molecule has 0 aliphatic rings. The summed E-state index contributed by atoms with van der Waals surface area (Å²) in [6.45, 7) is 4.28. The van der Waals surface area contributed by atoms with E-state index in [0.29, 0.717) is 23.5 Å². The highest BCUT2D eigenvalue weighted by Crippen LogP contribution is 2.12. The quantitative estimate of drug-likeness (QED) is 0.261. The highest BCUT2D eigenvalue weighted by atomic mass is 16.5. The highest BCUT2D eigenvalue weighted by Gasteiger charge is 2.07. The van der Waals surface area contributed by atoms with Gasteiger partial charge in [0.1, 0.15) is 12.4 Å². The van der Waals surface area contributed by atoms with Crippen molar-refractivity contribution in [1.82, 2.24) is 0 Å². The number of hydrogen-bond donors (Lipinski definition) is 0. The highest BCUT2D eigenvalue weighted by molar-refractivity contribution is 5.91. The molecule has 0 amide bonds. The van der Waals surface area contributed by atoms with Crippen molar-refractivity contribution in [2.45, 2.75) is 20.5 Å². The van der Waals surface area contributed by atoms with Gasteiger partial charge in [0.25, 0.3) is 0 Å². The molecular weight excluding hydrogens is 412 g/mol. The molecule has 0 aromatic heterocycles. The topological polar surface area (TPSA) is 52.6 Å². The Balaban J connectivity index is 0.000000186. The summed E-state index contributed by atoms with van der Waals surface area (Å²) in [6.07, 6.45) is 0. The average Bonchev–Trinajstić information content (AvgIpc) is 2.85. The smallest absolute Gasteiger partial charge is 0.343 e. The van der Waals surface area contributed by atoms with Crippen molar-refractivity contribution in [3.05, 3.63) is 137 Å². The molecule has 0 unspecified atom stereocenters. The summed E-state index contributed by atoms with van der Waals surface area (Å²) >= 11 is 0. The van der Waals surface area contributed by atoms with Crippen molar-refractivity contribution in [2.75, 3.05) is 0 Å². The molecule has 0 saturated heterocycles. The van der Waals surface area contributed by atoms with Gasteiger partial charge in [-0.05, 0) is 55.8 Å². The van der Waals surface area contributed by atoms with E-state index in [-0.39, 0.29) is 11.9 Å². The normalized spacial score (nSPS) is 9.88. The Hall–Kier alpha value is -4.18. The molecule has 4 aromatic rings. The number of benzene rings is 4. The minimum absolute atomic E-state index is 0.283. The number of para-hydroxylation sites is 1. The number of rotatable bonds is 5. The van der Waals surface area contributed by atoms with Crippen LogP contribution < -0.4 is 4.74 Å². The van der Waals surface area contributed by atoms with Gasteiger partial charge in [-0.3, -0.25) is 0 Å². The zero-order valence-corrected chi connectivity index (χ0v) is 18.7. The molecule has 0 radical (unpaired) electrons. The summed E-state index contributed by atoms with van der Waals surface area (Å²) in [5, 5.41) is 0. The second-order valence-electron chi connectivity index (χ2n) is 7.50. The fourth-order valence-corrected chi connectivity index (χ4v) is 2.84. The monoisotopic (exact) mass is 438 g/mol. The van der Waals surface area contributed by atoms with Crippen molar-refractivity contribution in [1.29, 1.82) is 0 Å². The van der Waals surface area contributed by atoms with Crippen LogP contribution in [0.25, 0.3) is 0 Å². The van der Waals surface area contributed by atoms with E-state index in [1.165, 1.54) is 0 Å². The maximum Gasteiger partial charge on any atom is 0.343 e. The Labute approximate surface area is 194 Å². The summed E-state index contributed by atoms with van der Waals surface area (Å²) in [4.78, 5) is 23.4. The fraction of sp³-hybridized carbons (Fsp3) is 0.103. The van der Waals surface area contributed by atoms with Gasteiger partial charge in [0.05, 0.1) is 11.1 Å². The number of carbonyl (C=O) groups excluding carboxylic acids is 2. The minimum Gasteiger partial charge on any atom is -0.457 e. The molecule has 0 bridgehead atoms. The second kappa shape index (κ2) is 12.0. The lowest BCUT2D eigenvalue weighted by molar-refractivity contribution is 0.0472. The maximum absolute atomic E-state index is 11.7. The number of hydrogen-bond acceptors (Lipinski definition) is 4. The Morgan fingerprint density at radius 1 is 0.576 bits per heavy atom. The van der Waals surface area contributed by atoms with Crippen LogP contribution in [0, 0.1) is 13.8 Å². The van der Waals surface area contributed by atoms with Crippen LogP contribution in [-0.4, -0.2) is 11.9 Å². The van der Waals surface area contributed by atoms with Crippen LogP contribution in [0.3, 0.4) is 0 Å². The van der Waals surface area contributed by atoms with E-state index in [2.05, 4.69) is 0 Å². The lowest BCUT2D eigenvalue weighted by Gasteiger charge is -2.05. The molecule has 0 heterocycles. The van der Waals surface area contributed by atoms with Gasteiger partial charge in [-0.1, -0.05) is 83.9 Å². The first-order valence-corrected chi connectivity index (χ1v) is 10.6. The van der Waals surface area contributed by atoms with Gasteiger partial charge in [-0.2, -0.15) is 0 Å². The molecule has 0 N–H and O–H groups in total. The third-order valence-corrected chi connectivity index (χ3v) is 4.74. The lowest BCUT2D eigenvalue weighted by Crippen LogP contribution is -2.08. The van der Waals surface area contributed by atoms with Crippen LogP contribution in [-0.2, 0) is 11.3 Å². The Bertz CT molecular complexity index is 1150. The molecule has 33 heavy (non-hydrogen) atoms. The van der Waals surface area contributed by atoms with Gasteiger partial charge in [0.2, 0.25) is 0 Å². The first-order chi connectivity index (χ1) is 16.0. The Morgan fingerprint density at radius 3 is 1.55 bits per heavy atom.